The minimum atomic E-state index is -3.66. The van der Waals surface area contributed by atoms with Crippen LogP contribution in [0.25, 0.3) is 10.2 Å². The van der Waals surface area contributed by atoms with E-state index in [4.69, 9.17) is 5.14 Å². The molecule has 3 aromatic rings. The number of hydrogen-bond acceptors (Lipinski definition) is 5. The number of anilines is 1. The zero-order valence-corrected chi connectivity index (χ0v) is 14.4. The maximum atomic E-state index is 11.3. The van der Waals surface area contributed by atoms with E-state index in [1.807, 2.05) is 25.2 Å². The Morgan fingerprint density at radius 3 is 2.39 bits per heavy atom. The lowest BCUT2D eigenvalue weighted by atomic mass is 10.1. The number of aromatic nitrogens is 1. The Morgan fingerprint density at radius 1 is 1.13 bits per heavy atom. The van der Waals surface area contributed by atoms with E-state index in [0.29, 0.717) is 0 Å². The van der Waals surface area contributed by atoms with Gasteiger partial charge in [0.25, 0.3) is 0 Å². The molecular weight excluding hydrogens is 330 g/mol. The first kappa shape index (κ1) is 15.9. The van der Waals surface area contributed by atoms with Crippen LogP contribution in [0.3, 0.4) is 0 Å². The van der Waals surface area contributed by atoms with Gasteiger partial charge in [-0.05, 0) is 36.8 Å². The van der Waals surface area contributed by atoms with Crippen molar-refractivity contribution < 1.29 is 8.42 Å². The van der Waals surface area contributed by atoms with E-state index in [1.165, 1.54) is 12.1 Å². The number of sulfonamides is 1. The molecule has 0 amide bonds. The van der Waals surface area contributed by atoms with Crippen LogP contribution in [0.2, 0.25) is 0 Å². The summed E-state index contributed by atoms with van der Waals surface area (Å²) in [6.07, 6.45) is 0. The standard InChI is InChI=1S/C16H17N3O2S2/c1-11(12-7-9-13(10-8-12)23(17,20)21)19(2)16-18-14-5-3-4-6-15(14)22-16/h3-11H,1-2H3,(H2,17,20,21). The van der Waals surface area contributed by atoms with Gasteiger partial charge in [0.2, 0.25) is 10.0 Å². The smallest absolute Gasteiger partial charge is 0.238 e. The molecule has 0 bridgehead atoms. The predicted octanol–water partition coefficient (Wildman–Crippen LogP) is 3.14. The third kappa shape index (κ3) is 3.21. The first-order chi connectivity index (χ1) is 10.9. The Morgan fingerprint density at radius 2 is 1.78 bits per heavy atom. The molecule has 0 saturated heterocycles. The number of rotatable bonds is 4. The second-order valence-corrected chi connectivity index (χ2v) is 7.94. The lowest BCUT2D eigenvalue weighted by Gasteiger charge is -2.24. The van der Waals surface area contributed by atoms with E-state index >= 15 is 0 Å². The quantitative estimate of drug-likeness (QED) is 0.786. The molecule has 0 aliphatic rings. The lowest BCUT2D eigenvalue weighted by Crippen LogP contribution is -2.21. The second-order valence-electron chi connectivity index (χ2n) is 5.37. The molecule has 0 saturated carbocycles. The fourth-order valence-electron chi connectivity index (χ4n) is 2.34. The maximum Gasteiger partial charge on any atom is 0.238 e. The Kier molecular flexibility index (Phi) is 4.09. The van der Waals surface area contributed by atoms with Crippen LogP contribution in [0.4, 0.5) is 5.13 Å². The van der Waals surface area contributed by atoms with Crippen LogP contribution in [-0.4, -0.2) is 20.4 Å². The first-order valence-corrected chi connectivity index (χ1v) is 9.44. The fourth-order valence-corrected chi connectivity index (χ4v) is 3.86. The summed E-state index contributed by atoms with van der Waals surface area (Å²) >= 11 is 1.63. The zero-order valence-electron chi connectivity index (χ0n) is 12.8. The Bertz CT molecular complexity index is 900. The molecule has 2 N–H and O–H groups in total. The van der Waals surface area contributed by atoms with Crippen LogP contribution in [0.15, 0.2) is 53.4 Å². The monoisotopic (exact) mass is 347 g/mol. The van der Waals surface area contributed by atoms with E-state index in [9.17, 15) is 8.42 Å². The molecule has 0 radical (unpaired) electrons. The van der Waals surface area contributed by atoms with Crippen molar-refractivity contribution in [3.8, 4) is 0 Å². The molecular formula is C16H17N3O2S2. The molecule has 23 heavy (non-hydrogen) atoms. The van der Waals surface area contributed by atoms with Crippen LogP contribution in [0.5, 0.6) is 0 Å². The summed E-state index contributed by atoms with van der Waals surface area (Å²) in [5.41, 5.74) is 1.98. The largest absolute Gasteiger partial charge is 0.344 e. The lowest BCUT2D eigenvalue weighted by molar-refractivity contribution is 0.597. The highest BCUT2D eigenvalue weighted by Crippen LogP contribution is 2.32. The first-order valence-electron chi connectivity index (χ1n) is 7.07. The maximum absolute atomic E-state index is 11.3. The van der Waals surface area contributed by atoms with Crippen molar-refractivity contribution in [2.24, 2.45) is 5.14 Å². The summed E-state index contributed by atoms with van der Waals surface area (Å²) < 4.78 is 23.8. The van der Waals surface area contributed by atoms with Crippen molar-refractivity contribution in [3.63, 3.8) is 0 Å². The van der Waals surface area contributed by atoms with Gasteiger partial charge in [0.1, 0.15) is 0 Å². The number of benzene rings is 2. The number of fused-ring (bicyclic) bond motifs is 1. The fraction of sp³-hybridized carbons (Fsp3) is 0.188. The van der Waals surface area contributed by atoms with E-state index in [-0.39, 0.29) is 10.9 Å². The van der Waals surface area contributed by atoms with Gasteiger partial charge in [-0.15, -0.1) is 0 Å². The summed E-state index contributed by atoms with van der Waals surface area (Å²) in [5.74, 6) is 0. The minimum Gasteiger partial charge on any atom is -0.344 e. The van der Waals surface area contributed by atoms with Gasteiger partial charge in [-0.1, -0.05) is 35.6 Å². The molecule has 0 aliphatic carbocycles. The Balaban J connectivity index is 1.88. The van der Waals surface area contributed by atoms with Gasteiger partial charge in [0.05, 0.1) is 21.2 Å². The summed E-state index contributed by atoms with van der Waals surface area (Å²) in [7, 11) is -1.68. The zero-order chi connectivity index (χ0) is 16.6. The van der Waals surface area contributed by atoms with Gasteiger partial charge in [-0.25, -0.2) is 18.5 Å². The summed E-state index contributed by atoms with van der Waals surface area (Å²) in [6, 6.07) is 14.7. The number of nitrogens with two attached hydrogens (primary N) is 1. The number of nitrogens with zero attached hydrogens (tertiary/aromatic N) is 2. The molecule has 0 fully saturated rings. The number of thiazole rings is 1. The Hall–Kier alpha value is -1.96. The van der Waals surface area contributed by atoms with E-state index in [0.717, 1.165) is 20.9 Å². The van der Waals surface area contributed by atoms with Crippen LogP contribution in [0, 0.1) is 0 Å². The van der Waals surface area contributed by atoms with Crippen molar-refractivity contribution in [2.75, 3.05) is 11.9 Å². The topological polar surface area (TPSA) is 76.3 Å². The molecule has 1 unspecified atom stereocenters. The van der Waals surface area contributed by atoms with Crippen LogP contribution < -0.4 is 10.0 Å². The average Bonchev–Trinajstić information content (AvgIpc) is 2.96. The highest BCUT2D eigenvalue weighted by molar-refractivity contribution is 7.89. The van der Waals surface area contributed by atoms with Gasteiger partial charge in [-0.3, -0.25) is 0 Å². The number of primary sulfonamides is 1. The summed E-state index contributed by atoms with van der Waals surface area (Å²) in [6.45, 7) is 2.05. The van der Waals surface area contributed by atoms with Crippen molar-refractivity contribution in [3.05, 3.63) is 54.1 Å². The molecule has 2 aromatic carbocycles. The summed E-state index contributed by atoms with van der Waals surface area (Å²) in [4.78, 5) is 6.85. The van der Waals surface area contributed by atoms with E-state index in [1.54, 1.807) is 23.5 Å². The molecule has 7 heteroatoms. The van der Waals surface area contributed by atoms with Gasteiger partial charge >= 0.3 is 0 Å². The molecule has 1 atom stereocenters. The molecule has 0 spiro atoms. The minimum absolute atomic E-state index is 0.0603. The molecule has 1 heterocycles. The second kappa shape index (κ2) is 5.92. The molecule has 3 rings (SSSR count). The molecule has 1 aromatic heterocycles. The van der Waals surface area contributed by atoms with Crippen LogP contribution in [-0.2, 0) is 10.0 Å². The number of para-hydroxylation sites is 1. The average molecular weight is 347 g/mol. The van der Waals surface area contributed by atoms with Crippen molar-refractivity contribution in [1.82, 2.24) is 4.98 Å². The van der Waals surface area contributed by atoms with Gasteiger partial charge in [0.15, 0.2) is 5.13 Å². The SMILES string of the molecule is CC(c1ccc(S(N)(=O)=O)cc1)N(C)c1nc2ccccc2s1. The van der Waals surface area contributed by atoms with Crippen LogP contribution >= 0.6 is 11.3 Å². The molecule has 5 nitrogen and oxygen atoms in total. The van der Waals surface area contributed by atoms with Gasteiger partial charge in [-0.2, -0.15) is 0 Å². The molecule has 120 valence electrons. The van der Waals surface area contributed by atoms with E-state index < -0.39 is 10.0 Å². The normalized spacial score (nSPS) is 13.2. The van der Waals surface area contributed by atoms with E-state index in [2.05, 4.69) is 22.9 Å². The predicted molar refractivity (Wildman–Crippen MR) is 94.3 cm³/mol. The molecule has 0 aliphatic heterocycles. The Labute approximate surface area is 139 Å². The third-order valence-corrected chi connectivity index (χ3v) is 5.91. The van der Waals surface area contributed by atoms with Crippen molar-refractivity contribution >= 4 is 36.7 Å². The van der Waals surface area contributed by atoms with Crippen LogP contribution in [0.1, 0.15) is 18.5 Å². The van der Waals surface area contributed by atoms with Gasteiger partial charge in [0, 0.05) is 7.05 Å². The highest BCUT2D eigenvalue weighted by Gasteiger charge is 2.17. The van der Waals surface area contributed by atoms with Crippen molar-refractivity contribution in [2.45, 2.75) is 17.9 Å². The van der Waals surface area contributed by atoms with Gasteiger partial charge < -0.3 is 4.90 Å². The number of hydrogen-bond donors (Lipinski definition) is 1. The highest BCUT2D eigenvalue weighted by atomic mass is 32.2. The van der Waals surface area contributed by atoms with Crippen molar-refractivity contribution in [1.29, 1.82) is 0 Å². The summed E-state index contributed by atoms with van der Waals surface area (Å²) in [5, 5.41) is 6.06. The third-order valence-electron chi connectivity index (χ3n) is 3.86.